The highest BCUT2D eigenvalue weighted by atomic mass is 32.2. The Hall–Kier alpha value is -2.17. The normalized spacial score (nSPS) is 16.0. The van der Waals surface area contributed by atoms with E-state index in [4.69, 9.17) is 0 Å². The molecule has 3 rings (SSSR count). The summed E-state index contributed by atoms with van der Waals surface area (Å²) in [5.74, 6) is 0.232. The molecule has 1 aliphatic rings. The van der Waals surface area contributed by atoms with Gasteiger partial charge in [-0.3, -0.25) is 4.79 Å². The number of sulfone groups is 1. The molecular weight excluding hydrogens is 583 g/mol. The van der Waals surface area contributed by atoms with Crippen molar-refractivity contribution in [1.82, 2.24) is 14.6 Å². The number of rotatable bonds is 10. The number of nitrogens with zero attached hydrogens (tertiary/aromatic N) is 1. The van der Waals surface area contributed by atoms with Crippen LogP contribution in [-0.2, 0) is 31.8 Å². The minimum Gasteiger partial charge on any atom is -0.351 e. The summed E-state index contributed by atoms with van der Waals surface area (Å²) >= 11 is 0. The summed E-state index contributed by atoms with van der Waals surface area (Å²) in [7, 11) is -6.98. The molecule has 242 valence electrons. The Balaban J connectivity index is 2.10. The Labute approximate surface area is 260 Å². The maximum atomic E-state index is 13.6. The largest absolute Gasteiger partial charge is 0.351 e. The minimum absolute atomic E-state index is 0.0257. The zero-order valence-corrected chi connectivity index (χ0v) is 29.5. The molecule has 0 aliphatic heterocycles. The van der Waals surface area contributed by atoms with Gasteiger partial charge < -0.3 is 9.88 Å². The Kier molecular flexibility index (Phi) is 10.4. The number of hydrogen-bond donors (Lipinski definition) is 2. The molecule has 1 saturated carbocycles. The van der Waals surface area contributed by atoms with Gasteiger partial charge in [-0.25, -0.2) is 21.6 Å². The third kappa shape index (κ3) is 9.66. The smallest absolute Gasteiger partial charge is 0.253 e. The number of aromatic nitrogens is 1. The van der Waals surface area contributed by atoms with Crippen LogP contribution in [0.15, 0.2) is 29.2 Å². The van der Waals surface area contributed by atoms with Crippen molar-refractivity contribution >= 4 is 25.8 Å². The van der Waals surface area contributed by atoms with E-state index < -0.39 is 36.2 Å². The summed E-state index contributed by atoms with van der Waals surface area (Å²) < 4.78 is 55.8. The predicted octanol–water partition coefficient (Wildman–Crippen LogP) is 6.22. The highest BCUT2D eigenvalue weighted by Gasteiger charge is 2.31. The van der Waals surface area contributed by atoms with Gasteiger partial charge in [-0.15, -0.1) is 0 Å². The molecule has 0 unspecified atom stereocenters. The van der Waals surface area contributed by atoms with Crippen LogP contribution >= 0.6 is 0 Å². The molecule has 10 heteroatoms. The zero-order chi connectivity index (χ0) is 32.6. The summed E-state index contributed by atoms with van der Waals surface area (Å²) in [6, 6.07) is 7.39. The van der Waals surface area contributed by atoms with Gasteiger partial charge in [-0.2, -0.15) is 0 Å². The number of carbonyl (C=O) groups excluding carboxylic acids is 1. The van der Waals surface area contributed by atoms with Gasteiger partial charge in [0.1, 0.15) is 9.84 Å². The first-order valence-electron chi connectivity index (χ1n) is 15.3. The molecular formula is C33H53N3O5S2. The zero-order valence-electron chi connectivity index (χ0n) is 27.8. The van der Waals surface area contributed by atoms with Crippen molar-refractivity contribution in [3.8, 4) is 11.3 Å². The topological polar surface area (TPSA) is 114 Å². The number of benzene rings is 1. The van der Waals surface area contributed by atoms with Gasteiger partial charge in [0.15, 0.2) is 0 Å². The van der Waals surface area contributed by atoms with E-state index in [2.05, 4.69) is 14.6 Å². The molecule has 1 aromatic carbocycles. The molecule has 0 spiro atoms. The standard InChI is InChI=1S/C33H53N3O5S2/c1-23-26(30(37)34-21-33(8,9)22-42(10,38)39)19-28(36(23)20-24-14-12-11-13-15-24)25-16-17-29(27(18-25)31(2,3)4)43(40,41)35-32(5,6)7/h16-19,24,35H,11-15,20-22H2,1-10H3,(H,34,37). The molecule has 1 amide bonds. The fourth-order valence-corrected chi connectivity index (χ4v) is 9.46. The third-order valence-corrected chi connectivity index (χ3v) is 11.1. The Morgan fingerprint density at radius 2 is 1.53 bits per heavy atom. The SMILES string of the molecule is Cc1c(C(=O)NCC(C)(C)CS(C)(=O)=O)cc(-c2ccc(S(=O)(=O)NC(C)(C)C)c(C(C)(C)C)c2)n1CC1CCCCC1. The summed E-state index contributed by atoms with van der Waals surface area (Å²) in [6.45, 7) is 18.1. The lowest BCUT2D eigenvalue weighted by Crippen LogP contribution is -2.41. The van der Waals surface area contributed by atoms with E-state index in [0.29, 0.717) is 17.0 Å². The number of amides is 1. The molecule has 43 heavy (non-hydrogen) atoms. The molecule has 2 N–H and O–H groups in total. The van der Waals surface area contributed by atoms with Crippen molar-refractivity contribution in [2.24, 2.45) is 11.3 Å². The van der Waals surface area contributed by atoms with Gasteiger partial charge in [0, 0.05) is 36.3 Å². The monoisotopic (exact) mass is 635 g/mol. The van der Waals surface area contributed by atoms with Crippen molar-refractivity contribution in [3.63, 3.8) is 0 Å². The van der Waals surface area contributed by atoms with Crippen molar-refractivity contribution < 1.29 is 21.6 Å². The maximum absolute atomic E-state index is 13.6. The van der Waals surface area contributed by atoms with Gasteiger partial charge in [0.2, 0.25) is 10.0 Å². The van der Waals surface area contributed by atoms with Crippen LogP contribution in [0.5, 0.6) is 0 Å². The summed E-state index contributed by atoms with van der Waals surface area (Å²) in [5, 5.41) is 2.98. The minimum atomic E-state index is -3.78. The van der Waals surface area contributed by atoms with Gasteiger partial charge in [0.05, 0.1) is 16.2 Å². The summed E-state index contributed by atoms with van der Waals surface area (Å²) in [6.07, 6.45) is 7.13. The summed E-state index contributed by atoms with van der Waals surface area (Å²) in [5.41, 5.74) is 2.13. The van der Waals surface area contributed by atoms with Gasteiger partial charge in [-0.05, 0) is 86.6 Å². The van der Waals surface area contributed by atoms with E-state index >= 15 is 0 Å². The van der Waals surface area contributed by atoms with Crippen molar-refractivity contribution in [3.05, 3.63) is 41.1 Å². The molecule has 1 fully saturated rings. The molecule has 8 nitrogen and oxygen atoms in total. The van der Waals surface area contributed by atoms with Crippen LogP contribution in [0.3, 0.4) is 0 Å². The van der Waals surface area contributed by atoms with Crippen LogP contribution in [0.1, 0.15) is 109 Å². The molecule has 2 aromatic rings. The predicted molar refractivity (Wildman–Crippen MR) is 176 cm³/mol. The first-order valence-corrected chi connectivity index (χ1v) is 18.9. The van der Waals surface area contributed by atoms with Crippen LogP contribution in [0.4, 0.5) is 0 Å². The van der Waals surface area contributed by atoms with Crippen LogP contribution < -0.4 is 10.0 Å². The van der Waals surface area contributed by atoms with Crippen LogP contribution in [0, 0.1) is 18.3 Å². The Morgan fingerprint density at radius 3 is 2.07 bits per heavy atom. The van der Waals surface area contributed by atoms with Crippen molar-refractivity contribution in [1.29, 1.82) is 0 Å². The van der Waals surface area contributed by atoms with Crippen molar-refractivity contribution in [2.45, 2.75) is 117 Å². The molecule has 1 heterocycles. The van der Waals surface area contributed by atoms with Gasteiger partial charge >= 0.3 is 0 Å². The van der Waals surface area contributed by atoms with Gasteiger partial charge in [0.25, 0.3) is 5.91 Å². The van der Waals surface area contributed by atoms with E-state index in [1.807, 2.05) is 80.5 Å². The third-order valence-electron chi connectivity index (χ3n) is 7.97. The second-order valence-corrected chi connectivity index (χ2v) is 19.2. The Bertz CT molecular complexity index is 1530. The average molecular weight is 636 g/mol. The van der Waals surface area contributed by atoms with E-state index in [0.717, 1.165) is 36.3 Å². The Morgan fingerprint density at radius 1 is 0.930 bits per heavy atom. The highest BCUT2D eigenvalue weighted by molar-refractivity contribution is 7.90. The molecule has 0 radical (unpaired) electrons. The van der Waals surface area contributed by atoms with Crippen LogP contribution in [0.25, 0.3) is 11.3 Å². The number of hydrogen-bond acceptors (Lipinski definition) is 5. The molecule has 0 atom stereocenters. The number of sulfonamides is 1. The first kappa shape index (κ1) is 35.3. The van der Waals surface area contributed by atoms with E-state index in [-0.39, 0.29) is 23.1 Å². The lowest BCUT2D eigenvalue weighted by atomic mass is 9.85. The quantitative estimate of drug-likeness (QED) is 0.322. The van der Waals surface area contributed by atoms with E-state index in [1.54, 1.807) is 6.07 Å². The maximum Gasteiger partial charge on any atom is 0.253 e. The average Bonchev–Trinajstić information content (AvgIpc) is 3.15. The first-order chi connectivity index (χ1) is 19.5. The van der Waals surface area contributed by atoms with Crippen molar-refractivity contribution in [2.75, 3.05) is 18.6 Å². The van der Waals surface area contributed by atoms with Crippen LogP contribution in [0.2, 0.25) is 0 Å². The second kappa shape index (κ2) is 12.7. The molecule has 1 aromatic heterocycles. The van der Waals surface area contributed by atoms with Crippen LogP contribution in [-0.4, -0.2) is 51.4 Å². The van der Waals surface area contributed by atoms with Gasteiger partial charge in [-0.1, -0.05) is 59.9 Å². The molecule has 1 aliphatic carbocycles. The van der Waals surface area contributed by atoms with E-state index in [9.17, 15) is 21.6 Å². The molecule has 0 bridgehead atoms. The van der Waals surface area contributed by atoms with E-state index in [1.165, 1.54) is 25.5 Å². The second-order valence-electron chi connectivity index (χ2n) is 15.4. The lowest BCUT2D eigenvalue weighted by molar-refractivity contribution is 0.0938. The molecule has 0 saturated heterocycles. The fraction of sp³-hybridized carbons (Fsp3) is 0.667. The number of carbonyl (C=O) groups is 1. The summed E-state index contributed by atoms with van der Waals surface area (Å²) in [4.78, 5) is 13.8. The lowest BCUT2D eigenvalue weighted by Gasteiger charge is -2.27. The number of nitrogens with one attached hydrogen (secondary N) is 2. The fourth-order valence-electron chi connectivity index (χ4n) is 6.12. The highest BCUT2D eigenvalue weighted by Crippen LogP contribution is 2.36.